The second-order valence-corrected chi connectivity index (χ2v) is 7.25. The van der Waals surface area contributed by atoms with Gasteiger partial charge >= 0.3 is 0 Å². The Morgan fingerprint density at radius 2 is 2.00 bits per heavy atom. The third-order valence-electron chi connectivity index (χ3n) is 4.78. The molecule has 1 aliphatic rings. The minimum atomic E-state index is 0.0116. The molecule has 0 spiro atoms. The SMILES string of the molecule is COc1ccccc1C1(CNC(=O)Cc2cccs2)CCCC1. The average Bonchev–Trinajstić information content (AvgIpc) is 3.25. The molecule has 1 heterocycles. The second kappa shape index (κ2) is 7.18. The number of para-hydroxylation sites is 1. The van der Waals surface area contributed by atoms with Crippen molar-refractivity contribution in [2.75, 3.05) is 13.7 Å². The van der Waals surface area contributed by atoms with E-state index in [2.05, 4.69) is 17.4 Å². The highest BCUT2D eigenvalue weighted by atomic mass is 32.1. The zero-order valence-corrected chi connectivity index (χ0v) is 14.3. The summed E-state index contributed by atoms with van der Waals surface area (Å²) in [7, 11) is 1.72. The minimum absolute atomic E-state index is 0.0116. The molecule has 1 fully saturated rings. The van der Waals surface area contributed by atoms with Crippen LogP contribution >= 0.6 is 11.3 Å². The highest BCUT2D eigenvalue weighted by molar-refractivity contribution is 7.10. The van der Waals surface area contributed by atoms with Gasteiger partial charge < -0.3 is 10.1 Å². The summed E-state index contributed by atoms with van der Waals surface area (Å²) in [4.78, 5) is 13.4. The van der Waals surface area contributed by atoms with Gasteiger partial charge in [-0.05, 0) is 30.4 Å². The predicted molar refractivity (Wildman–Crippen MR) is 94.2 cm³/mol. The molecule has 23 heavy (non-hydrogen) atoms. The zero-order chi connectivity index (χ0) is 16.1. The summed E-state index contributed by atoms with van der Waals surface area (Å²) in [6.07, 6.45) is 5.09. The molecule has 1 N–H and O–H groups in total. The lowest BCUT2D eigenvalue weighted by molar-refractivity contribution is -0.120. The Balaban J connectivity index is 1.72. The van der Waals surface area contributed by atoms with Crippen molar-refractivity contribution in [2.24, 2.45) is 0 Å². The second-order valence-electron chi connectivity index (χ2n) is 6.22. The molecule has 0 radical (unpaired) electrons. The first-order valence-corrected chi connectivity index (χ1v) is 9.04. The van der Waals surface area contributed by atoms with Crippen molar-refractivity contribution in [3.63, 3.8) is 0 Å². The standard InChI is InChI=1S/C19H23NO2S/c1-22-17-9-3-2-8-16(17)19(10-4-5-11-19)14-20-18(21)13-15-7-6-12-23-15/h2-3,6-9,12H,4-5,10-11,13-14H2,1H3,(H,20,21). The zero-order valence-electron chi connectivity index (χ0n) is 13.5. The van der Waals surface area contributed by atoms with Crippen LogP contribution in [0.3, 0.4) is 0 Å². The molecule has 1 amide bonds. The van der Waals surface area contributed by atoms with Crippen molar-refractivity contribution in [3.05, 3.63) is 52.2 Å². The molecule has 0 atom stereocenters. The molecule has 122 valence electrons. The summed E-state index contributed by atoms with van der Waals surface area (Å²) in [5.41, 5.74) is 1.24. The molecule has 0 unspecified atom stereocenters. The first-order valence-electron chi connectivity index (χ1n) is 8.16. The smallest absolute Gasteiger partial charge is 0.225 e. The predicted octanol–water partition coefficient (Wildman–Crippen LogP) is 3.93. The molecule has 1 saturated carbocycles. The Kier molecular flexibility index (Phi) is 5.01. The first kappa shape index (κ1) is 16.1. The fraction of sp³-hybridized carbons (Fsp3) is 0.421. The number of thiophene rings is 1. The number of benzene rings is 1. The van der Waals surface area contributed by atoms with Gasteiger partial charge in [0.25, 0.3) is 0 Å². The molecular weight excluding hydrogens is 306 g/mol. The van der Waals surface area contributed by atoms with Gasteiger partial charge in [-0.1, -0.05) is 37.1 Å². The van der Waals surface area contributed by atoms with E-state index in [4.69, 9.17) is 4.74 Å². The van der Waals surface area contributed by atoms with E-state index in [1.807, 2.05) is 29.6 Å². The van der Waals surface area contributed by atoms with E-state index in [-0.39, 0.29) is 11.3 Å². The molecule has 2 aromatic rings. The molecule has 3 nitrogen and oxygen atoms in total. The summed E-state index contributed by atoms with van der Waals surface area (Å²) < 4.78 is 5.56. The molecule has 4 heteroatoms. The van der Waals surface area contributed by atoms with Crippen LogP contribution < -0.4 is 10.1 Å². The van der Waals surface area contributed by atoms with E-state index in [1.165, 1.54) is 18.4 Å². The third kappa shape index (κ3) is 3.58. The molecular formula is C19H23NO2S. The summed E-state index contributed by atoms with van der Waals surface area (Å²) in [5, 5.41) is 5.18. The van der Waals surface area contributed by atoms with Gasteiger partial charge in [-0.15, -0.1) is 11.3 Å². The molecule has 0 saturated heterocycles. The molecule has 0 aliphatic heterocycles. The Morgan fingerprint density at radius 1 is 1.22 bits per heavy atom. The summed E-state index contributed by atoms with van der Waals surface area (Å²) in [6.45, 7) is 0.692. The number of methoxy groups -OCH3 is 1. The summed E-state index contributed by atoms with van der Waals surface area (Å²) in [6, 6.07) is 12.2. The Hall–Kier alpha value is -1.81. The number of nitrogens with one attached hydrogen (secondary N) is 1. The van der Waals surface area contributed by atoms with Crippen LogP contribution in [0.5, 0.6) is 5.75 Å². The molecule has 0 bridgehead atoms. The van der Waals surface area contributed by atoms with Crippen molar-refractivity contribution in [1.82, 2.24) is 5.32 Å². The maximum atomic E-state index is 12.3. The maximum absolute atomic E-state index is 12.3. The van der Waals surface area contributed by atoms with Gasteiger partial charge in [0.2, 0.25) is 5.91 Å². The quantitative estimate of drug-likeness (QED) is 0.872. The minimum Gasteiger partial charge on any atom is -0.496 e. The number of carbonyl (C=O) groups excluding carboxylic acids is 1. The van der Waals surface area contributed by atoms with E-state index in [0.717, 1.165) is 23.5 Å². The fourth-order valence-electron chi connectivity index (χ4n) is 3.58. The molecule has 1 aliphatic carbocycles. The van der Waals surface area contributed by atoms with Crippen molar-refractivity contribution >= 4 is 17.2 Å². The first-order chi connectivity index (χ1) is 11.2. The lowest BCUT2D eigenvalue weighted by atomic mass is 9.78. The van der Waals surface area contributed by atoms with Gasteiger partial charge in [-0.3, -0.25) is 4.79 Å². The number of rotatable bonds is 6. The van der Waals surface area contributed by atoms with Gasteiger partial charge in [0.15, 0.2) is 0 Å². The summed E-state index contributed by atoms with van der Waals surface area (Å²) >= 11 is 1.63. The maximum Gasteiger partial charge on any atom is 0.225 e. The van der Waals surface area contributed by atoms with Gasteiger partial charge in [0.05, 0.1) is 13.5 Å². The van der Waals surface area contributed by atoms with Gasteiger partial charge in [0.1, 0.15) is 5.75 Å². The van der Waals surface area contributed by atoms with Crippen molar-refractivity contribution in [1.29, 1.82) is 0 Å². The lowest BCUT2D eigenvalue weighted by Gasteiger charge is -2.31. The largest absolute Gasteiger partial charge is 0.496 e. The molecule has 1 aromatic carbocycles. The average molecular weight is 329 g/mol. The summed E-state index contributed by atoms with van der Waals surface area (Å²) in [5.74, 6) is 1.04. The van der Waals surface area contributed by atoms with Crippen molar-refractivity contribution in [3.8, 4) is 5.75 Å². The van der Waals surface area contributed by atoms with E-state index in [0.29, 0.717) is 13.0 Å². The monoisotopic (exact) mass is 329 g/mol. The van der Waals surface area contributed by atoms with Crippen LogP contribution in [0.1, 0.15) is 36.1 Å². The molecule has 3 rings (SSSR count). The molecule has 1 aromatic heterocycles. The van der Waals surface area contributed by atoms with E-state index in [1.54, 1.807) is 18.4 Å². The van der Waals surface area contributed by atoms with E-state index < -0.39 is 0 Å². The fourth-order valence-corrected chi connectivity index (χ4v) is 4.28. The number of amides is 1. The van der Waals surface area contributed by atoms with Crippen LogP contribution in [-0.2, 0) is 16.6 Å². The van der Waals surface area contributed by atoms with E-state index >= 15 is 0 Å². The normalized spacial score (nSPS) is 16.2. The van der Waals surface area contributed by atoms with Crippen molar-refractivity contribution in [2.45, 2.75) is 37.5 Å². The van der Waals surface area contributed by atoms with Crippen LogP contribution in [0.15, 0.2) is 41.8 Å². The Morgan fingerprint density at radius 3 is 2.70 bits per heavy atom. The van der Waals surface area contributed by atoms with Gasteiger partial charge in [-0.2, -0.15) is 0 Å². The van der Waals surface area contributed by atoms with Crippen LogP contribution in [0.2, 0.25) is 0 Å². The topological polar surface area (TPSA) is 38.3 Å². The van der Waals surface area contributed by atoms with Crippen LogP contribution in [0.4, 0.5) is 0 Å². The van der Waals surface area contributed by atoms with Gasteiger partial charge in [-0.25, -0.2) is 0 Å². The Labute approximate surface area is 141 Å². The van der Waals surface area contributed by atoms with Gasteiger partial charge in [0, 0.05) is 22.4 Å². The number of carbonyl (C=O) groups is 1. The van der Waals surface area contributed by atoms with E-state index in [9.17, 15) is 4.79 Å². The highest BCUT2D eigenvalue weighted by Gasteiger charge is 2.37. The third-order valence-corrected chi connectivity index (χ3v) is 5.65. The lowest BCUT2D eigenvalue weighted by Crippen LogP contribution is -2.39. The number of hydrogen-bond donors (Lipinski definition) is 1. The van der Waals surface area contributed by atoms with Crippen LogP contribution in [-0.4, -0.2) is 19.6 Å². The number of hydrogen-bond acceptors (Lipinski definition) is 3. The van der Waals surface area contributed by atoms with Crippen molar-refractivity contribution < 1.29 is 9.53 Å². The van der Waals surface area contributed by atoms with Crippen LogP contribution in [0, 0.1) is 0 Å². The Bertz CT molecular complexity index is 645. The van der Waals surface area contributed by atoms with Crippen LogP contribution in [0.25, 0.3) is 0 Å². The number of ether oxygens (including phenoxy) is 1. The highest BCUT2D eigenvalue weighted by Crippen LogP contribution is 2.44.